The van der Waals surface area contributed by atoms with Crippen LogP contribution in [0.5, 0.6) is 0 Å². The number of Topliss-reactive ketones (excluding diaryl/α,β-unsaturated/α-hetero) is 1. The number of rotatable bonds is 0. The first-order valence-electron chi connectivity index (χ1n) is 5.27. The van der Waals surface area contributed by atoms with Crippen molar-refractivity contribution < 1.29 is 4.79 Å². The third-order valence-electron chi connectivity index (χ3n) is 3.41. The summed E-state index contributed by atoms with van der Waals surface area (Å²) in [7, 11) is 2.04. The molecule has 3 rings (SSSR count). The number of hydrogen-bond donors (Lipinski definition) is 0. The van der Waals surface area contributed by atoms with Crippen LogP contribution in [0.15, 0.2) is 24.3 Å². The number of carbonyl (C=O) groups is 1. The summed E-state index contributed by atoms with van der Waals surface area (Å²) in [5.74, 6) is 1.41. The largest absolute Gasteiger partial charge is 0.353 e. The van der Waals surface area contributed by atoms with Crippen LogP contribution in [0.3, 0.4) is 0 Å². The lowest BCUT2D eigenvalue weighted by molar-refractivity contribution is 0.0955. The average Bonchev–Trinajstić information content (AvgIpc) is 2.83. The van der Waals surface area contributed by atoms with Crippen LogP contribution in [0.4, 0.5) is 5.69 Å². The summed E-state index contributed by atoms with van der Waals surface area (Å²) in [6.45, 7) is 0. The number of carbonyl (C=O) groups excluding carboxylic acids is 1. The molecule has 0 aromatic heterocycles. The van der Waals surface area contributed by atoms with Crippen LogP contribution in [0.2, 0.25) is 0 Å². The zero-order chi connectivity index (χ0) is 10.5. The Kier molecular flexibility index (Phi) is 1.87. The van der Waals surface area contributed by atoms with Gasteiger partial charge in [0.15, 0.2) is 0 Å². The molecular formula is C12H13NOS. The maximum Gasteiger partial charge on any atom is 0.200 e. The van der Waals surface area contributed by atoms with Crippen molar-refractivity contribution in [1.29, 1.82) is 0 Å². The molecule has 0 N–H and O–H groups in total. The van der Waals surface area contributed by atoms with E-state index < -0.39 is 0 Å². The van der Waals surface area contributed by atoms with E-state index in [0.29, 0.717) is 5.78 Å². The number of ketones is 1. The van der Waals surface area contributed by atoms with Crippen molar-refractivity contribution in [3.63, 3.8) is 0 Å². The lowest BCUT2D eigenvalue weighted by Gasteiger charge is -2.31. The smallest absolute Gasteiger partial charge is 0.200 e. The third-order valence-corrected chi connectivity index (χ3v) is 5.04. The third kappa shape index (κ3) is 1.04. The summed E-state index contributed by atoms with van der Waals surface area (Å²) < 4.78 is 0. The van der Waals surface area contributed by atoms with E-state index in [1.807, 2.05) is 31.3 Å². The number of thioether (sulfide) groups is 1. The molecular weight excluding hydrogens is 206 g/mol. The second-order valence-electron chi connectivity index (χ2n) is 4.14. The Morgan fingerprint density at radius 2 is 2.20 bits per heavy atom. The van der Waals surface area contributed by atoms with Gasteiger partial charge in [0.1, 0.15) is 4.87 Å². The van der Waals surface area contributed by atoms with Crippen LogP contribution in [0.1, 0.15) is 23.2 Å². The van der Waals surface area contributed by atoms with Crippen LogP contribution >= 0.6 is 11.8 Å². The highest BCUT2D eigenvalue weighted by atomic mass is 32.2. The maximum absolute atomic E-state index is 12.4. The minimum Gasteiger partial charge on any atom is -0.353 e. The summed E-state index contributed by atoms with van der Waals surface area (Å²) in [6.07, 6.45) is 2.14. The first-order valence-corrected chi connectivity index (χ1v) is 6.26. The predicted molar refractivity (Wildman–Crippen MR) is 63.6 cm³/mol. The fraction of sp³-hybridized carbons (Fsp3) is 0.417. The van der Waals surface area contributed by atoms with Gasteiger partial charge in [0.2, 0.25) is 5.78 Å². The van der Waals surface area contributed by atoms with Crippen molar-refractivity contribution in [3.8, 4) is 0 Å². The van der Waals surface area contributed by atoms with Crippen molar-refractivity contribution in [2.75, 3.05) is 17.7 Å². The molecule has 0 bridgehead atoms. The van der Waals surface area contributed by atoms with Gasteiger partial charge in [-0.15, -0.1) is 11.8 Å². The Labute approximate surface area is 93.7 Å². The van der Waals surface area contributed by atoms with Gasteiger partial charge in [0, 0.05) is 18.3 Å². The number of benzene rings is 1. The van der Waals surface area contributed by atoms with Crippen LogP contribution in [-0.2, 0) is 0 Å². The number of hydrogen-bond acceptors (Lipinski definition) is 3. The zero-order valence-electron chi connectivity index (χ0n) is 8.69. The van der Waals surface area contributed by atoms with Gasteiger partial charge in [-0.2, -0.15) is 0 Å². The Hall–Kier alpha value is -0.960. The summed E-state index contributed by atoms with van der Waals surface area (Å²) in [5.41, 5.74) is 1.99. The first kappa shape index (κ1) is 9.28. The number of nitrogens with zero attached hydrogens (tertiary/aromatic N) is 1. The lowest BCUT2D eigenvalue weighted by Crippen LogP contribution is -2.43. The van der Waals surface area contributed by atoms with E-state index in [9.17, 15) is 4.79 Å². The van der Waals surface area contributed by atoms with Gasteiger partial charge < -0.3 is 4.90 Å². The van der Waals surface area contributed by atoms with E-state index in [2.05, 4.69) is 4.90 Å². The molecule has 0 amide bonds. The van der Waals surface area contributed by atoms with Gasteiger partial charge >= 0.3 is 0 Å². The highest BCUT2D eigenvalue weighted by Crippen LogP contribution is 2.50. The van der Waals surface area contributed by atoms with E-state index in [-0.39, 0.29) is 4.87 Å². The Morgan fingerprint density at radius 1 is 1.40 bits per heavy atom. The summed E-state index contributed by atoms with van der Waals surface area (Å²) in [4.78, 5) is 14.3. The minimum atomic E-state index is -0.274. The second-order valence-corrected chi connectivity index (χ2v) is 5.51. The van der Waals surface area contributed by atoms with E-state index in [1.165, 1.54) is 0 Å². The van der Waals surface area contributed by atoms with E-state index in [0.717, 1.165) is 29.8 Å². The van der Waals surface area contributed by atoms with Crippen LogP contribution < -0.4 is 4.90 Å². The monoisotopic (exact) mass is 219 g/mol. The summed E-state index contributed by atoms with van der Waals surface area (Å²) in [6, 6.07) is 7.94. The van der Waals surface area contributed by atoms with Crippen molar-refractivity contribution in [2.24, 2.45) is 0 Å². The van der Waals surface area contributed by atoms with Gasteiger partial charge in [-0.05, 0) is 30.7 Å². The van der Waals surface area contributed by atoms with Crippen molar-refractivity contribution in [2.45, 2.75) is 17.7 Å². The highest BCUT2D eigenvalue weighted by Gasteiger charge is 2.51. The molecule has 0 aliphatic carbocycles. The molecule has 0 saturated carbocycles. The van der Waals surface area contributed by atoms with E-state index in [1.54, 1.807) is 11.8 Å². The van der Waals surface area contributed by atoms with Gasteiger partial charge in [0.05, 0.1) is 0 Å². The normalized spacial score (nSPS) is 28.9. The standard InChI is InChI=1S/C12H13NOS/c1-13-10-6-3-2-5-9(10)11(14)12(13)7-4-8-15-12/h2-3,5-6H,4,7-8H2,1H3. The zero-order valence-corrected chi connectivity index (χ0v) is 9.51. The van der Waals surface area contributed by atoms with Crippen molar-refractivity contribution in [3.05, 3.63) is 29.8 Å². The van der Waals surface area contributed by atoms with Crippen molar-refractivity contribution >= 4 is 23.2 Å². The Balaban J connectivity index is 2.16. The second kappa shape index (κ2) is 3.01. The molecule has 2 nitrogen and oxygen atoms in total. The molecule has 1 aromatic rings. The van der Waals surface area contributed by atoms with E-state index in [4.69, 9.17) is 0 Å². The fourth-order valence-electron chi connectivity index (χ4n) is 2.58. The number of para-hydroxylation sites is 1. The molecule has 0 radical (unpaired) electrons. The van der Waals surface area contributed by atoms with Gasteiger partial charge in [-0.3, -0.25) is 4.79 Å². The molecule has 15 heavy (non-hydrogen) atoms. The first-order chi connectivity index (χ1) is 7.26. The van der Waals surface area contributed by atoms with Gasteiger partial charge in [-0.25, -0.2) is 0 Å². The van der Waals surface area contributed by atoms with Crippen molar-refractivity contribution in [1.82, 2.24) is 0 Å². The maximum atomic E-state index is 12.4. The Morgan fingerprint density at radius 3 is 2.87 bits per heavy atom. The molecule has 78 valence electrons. The van der Waals surface area contributed by atoms with Gasteiger partial charge in [-0.1, -0.05) is 12.1 Å². The molecule has 1 saturated heterocycles. The molecule has 2 heterocycles. The van der Waals surface area contributed by atoms with Crippen LogP contribution in [-0.4, -0.2) is 23.5 Å². The highest BCUT2D eigenvalue weighted by molar-refractivity contribution is 8.01. The number of likely N-dealkylation sites (N-methyl/N-ethyl adjacent to an activating group) is 1. The molecule has 1 fully saturated rings. The topological polar surface area (TPSA) is 20.3 Å². The average molecular weight is 219 g/mol. The molecule has 2 aliphatic rings. The molecule has 2 aliphatic heterocycles. The molecule has 1 aromatic carbocycles. The fourth-order valence-corrected chi connectivity index (χ4v) is 4.03. The predicted octanol–water partition coefficient (Wildman–Crippen LogP) is 2.54. The minimum absolute atomic E-state index is 0.274. The molecule has 3 heteroatoms. The van der Waals surface area contributed by atoms with Crippen LogP contribution in [0.25, 0.3) is 0 Å². The van der Waals surface area contributed by atoms with E-state index >= 15 is 0 Å². The SMILES string of the molecule is CN1c2ccccc2C(=O)C12CCCS2. The molecule has 1 spiro atoms. The molecule has 1 atom stereocenters. The van der Waals surface area contributed by atoms with Gasteiger partial charge in [0.25, 0.3) is 0 Å². The van der Waals surface area contributed by atoms with Crippen LogP contribution in [0, 0.1) is 0 Å². The number of anilines is 1. The lowest BCUT2D eigenvalue weighted by atomic mass is 10.0. The summed E-state index contributed by atoms with van der Waals surface area (Å²) in [5, 5.41) is 0. The molecule has 1 unspecified atom stereocenters. The Bertz CT molecular complexity index is 423. The number of fused-ring (bicyclic) bond motifs is 1. The quantitative estimate of drug-likeness (QED) is 0.669. The summed E-state index contributed by atoms with van der Waals surface area (Å²) >= 11 is 1.80.